The molecular weight excluding hydrogens is 168 g/mol. The summed E-state index contributed by atoms with van der Waals surface area (Å²) in [6.07, 6.45) is 3.73. The molecule has 0 heterocycles. The minimum absolute atomic E-state index is 0. The average molecular weight is 182 g/mol. The smallest absolute Gasteiger partial charge is 0.0367 e. The molecule has 0 nitrogen and oxygen atoms in total. The first-order valence-electron chi connectivity index (χ1n) is 2.34. The fourth-order valence-corrected chi connectivity index (χ4v) is 0. The van der Waals surface area contributed by atoms with Gasteiger partial charge >= 0.3 is 0 Å². The van der Waals surface area contributed by atoms with Gasteiger partial charge in [0.25, 0.3) is 0 Å². The summed E-state index contributed by atoms with van der Waals surface area (Å²) >= 11 is 7.48. The van der Waals surface area contributed by atoms with E-state index >= 15 is 0 Å². The number of rotatable bonds is 0. The molecule has 0 aromatic carbocycles. The zero-order valence-corrected chi connectivity index (χ0v) is 8.49. The maximum atomic E-state index is 3.74. The van der Waals surface area contributed by atoms with Gasteiger partial charge in [-0.25, -0.2) is 0 Å². The van der Waals surface area contributed by atoms with Crippen LogP contribution in [0.25, 0.3) is 0 Å². The summed E-state index contributed by atoms with van der Waals surface area (Å²) in [7, 11) is 0. The molecule has 0 saturated heterocycles. The van der Waals surface area contributed by atoms with Gasteiger partial charge in [-0.15, -0.1) is 0 Å². The van der Waals surface area contributed by atoms with Gasteiger partial charge in [-0.2, -0.15) is 38.8 Å². The van der Waals surface area contributed by atoms with Crippen LogP contribution in [-0.2, 0) is 0 Å². The standard InChI is InChI=1S/2C3H6S.H2S/c2*1-2-3-4;/h2*2-4H,1H3;1H2/b2*3-2+;. The van der Waals surface area contributed by atoms with Crippen molar-refractivity contribution < 1.29 is 0 Å². The summed E-state index contributed by atoms with van der Waals surface area (Å²) in [5.74, 6) is 0. The summed E-state index contributed by atoms with van der Waals surface area (Å²) in [6, 6.07) is 0. The summed E-state index contributed by atoms with van der Waals surface area (Å²) in [4.78, 5) is 0. The third-order valence-electron chi connectivity index (χ3n) is 0.298. The van der Waals surface area contributed by atoms with E-state index in [0.29, 0.717) is 0 Å². The lowest BCUT2D eigenvalue weighted by Crippen LogP contribution is -1.20. The van der Waals surface area contributed by atoms with Crippen LogP contribution in [0.15, 0.2) is 23.0 Å². The maximum absolute atomic E-state index is 3.74. The first kappa shape index (κ1) is 16.3. The third-order valence-corrected chi connectivity index (χ3v) is 0.894. The highest BCUT2D eigenvalue weighted by atomic mass is 32.1. The van der Waals surface area contributed by atoms with Crippen LogP contribution in [-0.4, -0.2) is 0 Å². The minimum Gasteiger partial charge on any atom is -0.197 e. The number of hydrogen-bond donors (Lipinski definition) is 2. The summed E-state index contributed by atoms with van der Waals surface area (Å²) in [6.45, 7) is 3.85. The SMILES string of the molecule is C/C=C/S.C/C=C/S.S. The Morgan fingerprint density at radius 3 is 1.00 bits per heavy atom. The van der Waals surface area contributed by atoms with Crippen LogP contribution < -0.4 is 0 Å². The second kappa shape index (κ2) is 23.6. The maximum Gasteiger partial charge on any atom is -0.0367 e. The van der Waals surface area contributed by atoms with Crippen molar-refractivity contribution in [3.63, 3.8) is 0 Å². The highest BCUT2D eigenvalue weighted by molar-refractivity contribution is 7.83. The van der Waals surface area contributed by atoms with Gasteiger partial charge in [-0.1, -0.05) is 12.2 Å². The van der Waals surface area contributed by atoms with Gasteiger partial charge in [-0.3, -0.25) is 0 Å². The van der Waals surface area contributed by atoms with E-state index in [-0.39, 0.29) is 13.5 Å². The Kier molecular flexibility index (Phi) is 42.6. The van der Waals surface area contributed by atoms with Crippen molar-refractivity contribution >= 4 is 38.8 Å². The molecule has 3 heteroatoms. The predicted molar refractivity (Wildman–Crippen MR) is 58.0 cm³/mol. The van der Waals surface area contributed by atoms with E-state index in [2.05, 4.69) is 25.3 Å². The fourth-order valence-electron chi connectivity index (χ4n) is 0. The zero-order valence-electron chi connectivity index (χ0n) is 5.70. The molecule has 0 aliphatic rings. The van der Waals surface area contributed by atoms with Gasteiger partial charge in [0.2, 0.25) is 0 Å². The fraction of sp³-hybridized carbons (Fsp3) is 0.333. The highest BCUT2D eigenvalue weighted by Crippen LogP contribution is 1.69. The lowest BCUT2D eigenvalue weighted by atomic mass is 10.8. The molecule has 0 amide bonds. The van der Waals surface area contributed by atoms with Gasteiger partial charge < -0.3 is 0 Å². The van der Waals surface area contributed by atoms with Gasteiger partial charge in [0.15, 0.2) is 0 Å². The first-order valence-corrected chi connectivity index (χ1v) is 3.37. The Morgan fingerprint density at radius 1 is 0.889 bits per heavy atom. The predicted octanol–water partition coefficient (Wildman–Crippen LogP) is 3.01. The highest BCUT2D eigenvalue weighted by Gasteiger charge is 1.35. The lowest BCUT2D eigenvalue weighted by molar-refractivity contribution is 1.79. The van der Waals surface area contributed by atoms with Crippen molar-refractivity contribution in [2.45, 2.75) is 13.8 Å². The zero-order chi connectivity index (χ0) is 6.83. The van der Waals surface area contributed by atoms with Crippen LogP contribution >= 0.6 is 38.8 Å². The van der Waals surface area contributed by atoms with E-state index in [1.54, 1.807) is 10.8 Å². The van der Waals surface area contributed by atoms with Crippen LogP contribution in [0.5, 0.6) is 0 Å². The molecule has 0 fully saturated rings. The molecule has 0 N–H and O–H groups in total. The molecular formula is C6H14S3. The van der Waals surface area contributed by atoms with Crippen molar-refractivity contribution in [1.29, 1.82) is 0 Å². The molecule has 0 aromatic rings. The van der Waals surface area contributed by atoms with Crippen molar-refractivity contribution in [2.75, 3.05) is 0 Å². The molecule has 0 unspecified atom stereocenters. The Labute approximate surface area is 75.7 Å². The third kappa shape index (κ3) is 56.8. The topological polar surface area (TPSA) is 0 Å². The largest absolute Gasteiger partial charge is 0.197 e. The molecule has 0 bridgehead atoms. The number of allylic oxidation sites excluding steroid dienone is 2. The van der Waals surface area contributed by atoms with Crippen molar-refractivity contribution in [2.24, 2.45) is 0 Å². The Bertz CT molecular complexity index is 48.7. The van der Waals surface area contributed by atoms with Gasteiger partial charge in [0, 0.05) is 0 Å². The lowest BCUT2D eigenvalue weighted by Gasteiger charge is -1.49. The monoisotopic (exact) mass is 182 g/mol. The Hall–Kier alpha value is 0.530. The Balaban J connectivity index is -0.0000000720. The van der Waals surface area contributed by atoms with Gasteiger partial charge in [-0.05, 0) is 24.7 Å². The molecule has 0 rings (SSSR count). The molecule has 0 radical (unpaired) electrons. The normalized spacial score (nSPS) is 8.44. The quantitative estimate of drug-likeness (QED) is 0.529. The van der Waals surface area contributed by atoms with Crippen LogP contribution in [0.1, 0.15) is 13.8 Å². The average Bonchev–Trinajstić information content (AvgIpc) is 1.88. The molecule has 0 atom stereocenters. The van der Waals surface area contributed by atoms with Crippen LogP contribution in [0.2, 0.25) is 0 Å². The molecule has 0 aliphatic carbocycles. The van der Waals surface area contributed by atoms with Crippen molar-refractivity contribution in [3.8, 4) is 0 Å². The second-order valence-corrected chi connectivity index (χ2v) is 1.56. The minimum atomic E-state index is 0. The van der Waals surface area contributed by atoms with E-state index in [4.69, 9.17) is 0 Å². The molecule has 0 aromatic heterocycles. The molecule has 0 saturated carbocycles. The summed E-state index contributed by atoms with van der Waals surface area (Å²) < 4.78 is 0. The molecule has 56 valence electrons. The van der Waals surface area contributed by atoms with E-state index in [0.717, 1.165) is 0 Å². The van der Waals surface area contributed by atoms with Crippen LogP contribution in [0.4, 0.5) is 0 Å². The Morgan fingerprint density at radius 2 is 1.00 bits per heavy atom. The van der Waals surface area contributed by atoms with Crippen LogP contribution in [0.3, 0.4) is 0 Å². The summed E-state index contributed by atoms with van der Waals surface area (Å²) in [5.41, 5.74) is 0. The molecule has 0 aliphatic heterocycles. The van der Waals surface area contributed by atoms with E-state index < -0.39 is 0 Å². The van der Waals surface area contributed by atoms with E-state index in [1.165, 1.54) is 0 Å². The van der Waals surface area contributed by atoms with E-state index in [1.807, 2.05) is 26.0 Å². The van der Waals surface area contributed by atoms with Gasteiger partial charge in [0.05, 0.1) is 0 Å². The van der Waals surface area contributed by atoms with Crippen LogP contribution in [0, 0.1) is 0 Å². The van der Waals surface area contributed by atoms with Crippen molar-refractivity contribution in [3.05, 3.63) is 23.0 Å². The molecule has 0 spiro atoms. The van der Waals surface area contributed by atoms with Gasteiger partial charge in [0.1, 0.15) is 0 Å². The summed E-state index contributed by atoms with van der Waals surface area (Å²) in [5, 5.41) is 3.39. The molecule has 9 heavy (non-hydrogen) atoms. The van der Waals surface area contributed by atoms with E-state index in [9.17, 15) is 0 Å². The number of hydrogen-bond acceptors (Lipinski definition) is 2. The van der Waals surface area contributed by atoms with Crippen molar-refractivity contribution in [1.82, 2.24) is 0 Å². The number of thiol groups is 2. The first-order chi connectivity index (χ1) is 3.83. The second-order valence-electron chi connectivity index (χ2n) is 0.965.